The lowest BCUT2D eigenvalue weighted by atomic mass is 10.1. The molecular formula is C23H30N2O3. The third kappa shape index (κ3) is 5.99. The molecule has 1 saturated heterocycles. The Labute approximate surface area is 167 Å². The van der Waals surface area contributed by atoms with E-state index in [4.69, 9.17) is 9.47 Å². The van der Waals surface area contributed by atoms with E-state index in [0.717, 1.165) is 17.9 Å². The normalized spacial score (nSPS) is 15.6. The van der Waals surface area contributed by atoms with E-state index in [0.29, 0.717) is 12.3 Å². The highest BCUT2D eigenvalue weighted by Crippen LogP contribution is 2.18. The van der Waals surface area contributed by atoms with Gasteiger partial charge >= 0.3 is 0 Å². The van der Waals surface area contributed by atoms with Crippen LogP contribution in [0.25, 0.3) is 0 Å². The van der Waals surface area contributed by atoms with Crippen molar-refractivity contribution in [1.82, 2.24) is 10.2 Å². The molecule has 0 spiro atoms. The molecule has 0 aliphatic carbocycles. The van der Waals surface area contributed by atoms with Crippen molar-refractivity contribution in [3.05, 3.63) is 59.7 Å². The minimum Gasteiger partial charge on any atom is -0.497 e. The van der Waals surface area contributed by atoms with E-state index in [1.54, 1.807) is 26.2 Å². The van der Waals surface area contributed by atoms with Crippen molar-refractivity contribution in [1.29, 1.82) is 0 Å². The van der Waals surface area contributed by atoms with Crippen LogP contribution in [-0.2, 0) is 17.9 Å². The maximum absolute atomic E-state index is 12.4. The summed E-state index contributed by atoms with van der Waals surface area (Å²) in [5.74, 6) is 1.28. The summed E-state index contributed by atoms with van der Waals surface area (Å²) >= 11 is 0. The van der Waals surface area contributed by atoms with Gasteiger partial charge in [-0.2, -0.15) is 0 Å². The lowest BCUT2D eigenvalue weighted by molar-refractivity contribution is -0.127. The van der Waals surface area contributed by atoms with Gasteiger partial charge in [-0.1, -0.05) is 30.7 Å². The van der Waals surface area contributed by atoms with Crippen LogP contribution < -0.4 is 14.8 Å². The third-order valence-electron chi connectivity index (χ3n) is 5.05. The Balaban J connectivity index is 1.48. The summed E-state index contributed by atoms with van der Waals surface area (Å²) in [5, 5.41) is 2.97. The van der Waals surface area contributed by atoms with Gasteiger partial charge in [-0.05, 0) is 68.2 Å². The van der Waals surface area contributed by atoms with Crippen LogP contribution in [0.15, 0.2) is 48.5 Å². The van der Waals surface area contributed by atoms with Crippen molar-refractivity contribution in [2.24, 2.45) is 0 Å². The first kappa shape index (κ1) is 20.2. The standard InChI is InChI=1S/C23H30N2O3/c1-18(28-22-11-9-21(27-2)10-12-22)23(26)24-16-19-7-6-8-20(15-19)17-25-13-4-3-5-14-25/h6-12,15,18H,3-5,13-14,16-17H2,1-2H3,(H,24,26)/t18-/m1/s1. The zero-order valence-electron chi connectivity index (χ0n) is 16.8. The van der Waals surface area contributed by atoms with E-state index in [1.807, 2.05) is 12.1 Å². The lowest BCUT2D eigenvalue weighted by Gasteiger charge is -2.26. The molecule has 1 N–H and O–H groups in total. The highest BCUT2D eigenvalue weighted by molar-refractivity contribution is 5.80. The van der Waals surface area contributed by atoms with E-state index in [1.165, 1.54) is 37.9 Å². The van der Waals surface area contributed by atoms with Gasteiger partial charge in [-0.3, -0.25) is 9.69 Å². The topological polar surface area (TPSA) is 50.8 Å². The van der Waals surface area contributed by atoms with Crippen LogP contribution in [-0.4, -0.2) is 37.1 Å². The molecule has 0 saturated carbocycles. The van der Waals surface area contributed by atoms with E-state index in [2.05, 4.69) is 34.5 Å². The number of piperidine rings is 1. The second-order valence-corrected chi connectivity index (χ2v) is 7.31. The molecule has 0 unspecified atom stereocenters. The average Bonchev–Trinajstić information content (AvgIpc) is 2.73. The molecule has 2 aromatic rings. The largest absolute Gasteiger partial charge is 0.497 e. The van der Waals surface area contributed by atoms with Crippen molar-refractivity contribution < 1.29 is 14.3 Å². The van der Waals surface area contributed by atoms with Gasteiger partial charge in [-0.15, -0.1) is 0 Å². The minimum absolute atomic E-state index is 0.128. The number of nitrogens with zero attached hydrogens (tertiary/aromatic N) is 1. The van der Waals surface area contributed by atoms with Crippen LogP contribution in [0.2, 0.25) is 0 Å². The molecule has 28 heavy (non-hydrogen) atoms. The van der Waals surface area contributed by atoms with Crippen molar-refractivity contribution in [2.75, 3.05) is 20.2 Å². The van der Waals surface area contributed by atoms with Crippen molar-refractivity contribution in [3.63, 3.8) is 0 Å². The Bertz CT molecular complexity index is 755. The molecule has 0 radical (unpaired) electrons. The van der Waals surface area contributed by atoms with Gasteiger partial charge in [0.05, 0.1) is 7.11 Å². The van der Waals surface area contributed by atoms with Crippen molar-refractivity contribution in [3.8, 4) is 11.5 Å². The maximum atomic E-state index is 12.4. The van der Waals surface area contributed by atoms with E-state index < -0.39 is 6.10 Å². The number of rotatable bonds is 8. The van der Waals surface area contributed by atoms with Gasteiger partial charge in [0.15, 0.2) is 6.10 Å². The van der Waals surface area contributed by atoms with E-state index in [-0.39, 0.29) is 5.91 Å². The fraction of sp³-hybridized carbons (Fsp3) is 0.435. The predicted octanol–water partition coefficient (Wildman–Crippen LogP) is 3.76. The zero-order chi connectivity index (χ0) is 19.8. The summed E-state index contributed by atoms with van der Waals surface area (Å²) in [6.07, 6.45) is 3.37. The summed E-state index contributed by atoms with van der Waals surface area (Å²) in [4.78, 5) is 14.9. The fourth-order valence-corrected chi connectivity index (χ4v) is 3.46. The maximum Gasteiger partial charge on any atom is 0.261 e. The van der Waals surface area contributed by atoms with Gasteiger partial charge in [-0.25, -0.2) is 0 Å². The van der Waals surface area contributed by atoms with Gasteiger partial charge in [0.1, 0.15) is 11.5 Å². The lowest BCUT2D eigenvalue weighted by Crippen LogP contribution is -2.35. The number of hydrogen-bond acceptors (Lipinski definition) is 4. The summed E-state index contributed by atoms with van der Waals surface area (Å²) < 4.78 is 10.8. The second-order valence-electron chi connectivity index (χ2n) is 7.31. The monoisotopic (exact) mass is 382 g/mol. The first-order valence-electron chi connectivity index (χ1n) is 10.0. The number of nitrogens with one attached hydrogen (secondary N) is 1. The SMILES string of the molecule is COc1ccc(O[C@H](C)C(=O)NCc2cccc(CN3CCCCC3)c2)cc1. The summed E-state index contributed by atoms with van der Waals surface area (Å²) in [7, 11) is 1.62. The van der Waals surface area contributed by atoms with Gasteiger partial charge in [0.2, 0.25) is 0 Å². The van der Waals surface area contributed by atoms with Crippen LogP contribution in [0, 0.1) is 0 Å². The van der Waals surface area contributed by atoms with Crippen LogP contribution in [0.4, 0.5) is 0 Å². The molecule has 1 fully saturated rings. The van der Waals surface area contributed by atoms with Crippen molar-refractivity contribution >= 4 is 5.91 Å². The Kier molecular flexibility index (Phi) is 7.31. The number of benzene rings is 2. The molecule has 1 amide bonds. The minimum atomic E-state index is -0.565. The molecule has 0 bridgehead atoms. The molecule has 3 rings (SSSR count). The van der Waals surface area contributed by atoms with E-state index >= 15 is 0 Å². The van der Waals surface area contributed by atoms with E-state index in [9.17, 15) is 4.79 Å². The zero-order valence-corrected chi connectivity index (χ0v) is 16.8. The Morgan fingerprint density at radius 2 is 1.71 bits per heavy atom. The van der Waals surface area contributed by atoms with Gasteiger partial charge in [0.25, 0.3) is 5.91 Å². The number of amides is 1. The Morgan fingerprint density at radius 1 is 1.04 bits per heavy atom. The highest BCUT2D eigenvalue weighted by atomic mass is 16.5. The number of carbonyl (C=O) groups is 1. The highest BCUT2D eigenvalue weighted by Gasteiger charge is 2.15. The number of hydrogen-bond donors (Lipinski definition) is 1. The average molecular weight is 383 g/mol. The first-order valence-corrected chi connectivity index (χ1v) is 10.0. The Hall–Kier alpha value is -2.53. The quantitative estimate of drug-likeness (QED) is 0.755. The molecule has 1 aliphatic rings. The molecule has 150 valence electrons. The smallest absolute Gasteiger partial charge is 0.261 e. The second kappa shape index (κ2) is 10.1. The first-order chi connectivity index (χ1) is 13.6. The van der Waals surface area contributed by atoms with Gasteiger partial charge in [0, 0.05) is 13.1 Å². The fourth-order valence-electron chi connectivity index (χ4n) is 3.46. The molecule has 0 aromatic heterocycles. The molecule has 1 heterocycles. The molecule has 5 heteroatoms. The van der Waals surface area contributed by atoms with Crippen LogP contribution in [0.5, 0.6) is 11.5 Å². The molecule has 1 atom stereocenters. The number of ether oxygens (including phenoxy) is 2. The van der Waals surface area contributed by atoms with Gasteiger partial charge < -0.3 is 14.8 Å². The number of likely N-dealkylation sites (tertiary alicyclic amines) is 1. The summed E-state index contributed by atoms with van der Waals surface area (Å²) in [6, 6.07) is 15.7. The summed E-state index contributed by atoms with van der Waals surface area (Å²) in [5.41, 5.74) is 2.41. The van der Waals surface area contributed by atoms with Crippen molar-refractivity contribution in [2.45, 2.75) is 45.4 Å². The number of carbonyl (C=O) groups excluding carboxylic acids is 1. The van der Waals surface area contributed by atoms with Crippen LogP contribution in [0.3, 0.4) is 0 Å². The predicted molar refractivity (Wildman–Crippen MR) is 111 cm³/mol. The van der Waals surface area contributed by atoms with Crippen LogP contribution >= 0.6 is 0 Å². The molecule has 1 aliphatic heterocycles. The Morgan fingerprint density at radius 3 is 2.43 bits per heavy atom. The number of methoxy groups -OCH3 is 1. The third-order valence-corrected chi connectivity index (χ3v) is 5.05. The summed E-state index contributed by atoms with van der Waals surface area (Å²) in [6.45, 7) is 5.61. The molecule has 5 nitrogen and oxygen atoms in total. The molecular weight excluding hydrogens is 352 g/mol. The van der Waals surface area contributed by atoms with Crippen LogP contribution in [0.1, 0.15) is 37.3 Å². The molecule has 2 aromatic carbocycles.